The van der Waals surface area contributed by atoms with Gasteiger partial charge in [0, 0.05) is 19.2 Å². The number of rotatable bonds is 1. The van der Waals surface area contributed by atoms with Gasteiger partial charge in [0.15, 0.2) is 0 Å². The molecule has 2 rings (SSSR count). The molecular formula is C13H20FN3. The Kier molecular flexibility index (Phi) is 3.31. The molecule has 17 heavy (non-hydrogen) atoms. The molecule has 3 nitrogen and oxygen atoms in total. The van der Waals surface area contributed by atoms with Crippen LogP contribution in [0, 0.1) is 17.3 Å². The molecule has 4 heteroatoms. The van der Waals surface area contributed by atoms with E-state index in [9.17, 15) is 4.39 Å². The van der Waals surface area contributed by atoms with Crippen molar-refractivity contribution in [2.45, 2.75) is 33.6 Å². The van der Waals surface area contributed by atoms with Gasteiger partial charge in [-0.3, -0.25) is 0 Å². The van der Waals surface area contributed by atoms with Crippen molar-refractivity contribution < 1.29 is 4.39 Å². The lowest BCUT2D eigenvalue weighted by Crippen LogP contribution is -2.38. The Morgan fingerprint density at radius 1 is 1.24 bits per heavy atom. The van der Waals surface area contributed by atoms with E-state index in [-0.39, 0.29) is 0 Å². The van der Waals surface area contributed by atoms with Gasteiger partial charge in [0.05, 0.1) is 0 Å². The van der Waals surface area contributed by atoms with Gasteiger partial charge in [-0.1, -0.05) is 20.8 Å². The molecule has 0 atom stereocenters. The molecule has 0 spiro atoms. The van der Waals surface area contributed by atoms with Crippen LogP contribution in [0.25, 0.3) is 0 Å². The second-order valence-corrected chi connectivity index (χ2v) is 5.83. The van der Waals surface area contributed by atoms with Gasteiger partial charge in [-0.2, -0.15) is 4.39 Å². The smallest absolute Gasteiger partial charge is 0.218 e. The first kappa shape index (κ1) is 12.3. The number of hydrogen-bond donors (Lipinski definition) is 0. The lowest BCUT2D eigenvalue weighted by molar-refractivity contribution is 0.198. The van der Waals surface area contributed by atoms with Gasteiger partial charge in [0.1, 0.15) is 12.1 Å². The molecule has 0 unspecified atom stereocenters. The Hall–Kier alpha value is -1.19. The maximum absolute atomic E-state index is 13.0. The Bertz CT molecular complexity index is 378. The Morgan fingerprint density at radius 3 is 2.41 bits per heavy atom. The van der Waals surface area contributed by atoms with Gasteiger partial charge in [0.25, 0.3) is 0 Å². The summed E-state index contributed by atoms with van der Waals surface area (Å²) in [6.07, 6.45) is 3.59. The quantitative estimate of drug-likeness (QED) is 0.703. The lowest BCUT2D eigenvalue weighted by Gasteiger charge is -2.39. The molecule has 0 aromatic carbocycles. The Labute approximate surface area is 102 Å². The van der Waals surface area contributed by atoms with Crippen LogP contribution in [0.4, 0.5) is 10.2 Å². The zero-order valence-corrected chi connectivity index (χ0v) is 10.8. The minimum Gasteiger partial charge on any atom is -0.356 e. The van der Waals surface area contributed by atoms with Crippen LogP contribution in [0.1, 0.15) is 33.6 Å². The lowest BCUT2D eigenvalue weighted by atomic mass is 9.75. The van der Waals surface area contributed by atoms with Crippen LogP contribution in [-0.4, -0.2) is 23.1 Å². The van der Waals surface area contributed by atoms with Crippen molar-refractivity contribution in [3.8, 4) is 0 Å². The van der Waals surface area contributed by atoms with Crippen molar-refractivity contribution in [1.82, 2.24) is 9.97 Å². The van der Waals surface area contributed by atoms with Crippen LogP contribution in [-0.2, 0) is 0 Å². The molecule has 1 aromatic heterocycles. The summed E-state index contributed by atoms with van der Waals surface area (Å²) < 4.78 is 13.0. The highest BCUT2D eigenvalue weighted by molar-refractivity contribution is 5.37. The molecule has 2 heterocycles. The molecule has 0 N–H and O–H groups in total. The number of piperidine rings is 1. The molecule has 1 aromatic rings. The summed E-state index contributed by atoms with van der Waals surface area (Å²) in [5, 5.41) is 0. The van der Waals surface area contributed by atoms with E-state index < -0.39 is 5.95 Å². The third-order valence-corrected chi connectivity index (χ3v) is 3.66. The first-order valence-electron chi connectivity index (χ1n) is 6.19. The number of halogens is 1. The summed E-state index contributed by atoms with van der Waals surface area (Å²) in [6.45, 7) is 8.78. The molecule has 94 valence electrons. The average molecular weight is 237 g/mol. The summed E-state index contributed by atoms with van der Waals surface area (Å²) in [5.41, 5.74) is 0.364. The van der Waals surface area contributed by atoms with Gasteiger partial charge in [0.2, 0.25) is 5.95 Å². The molecule has 1 saturated heterocycles. The molecule has 0 aliphatic carbocycles. The van der Waals surface area contributed by atoms with Crippen molar-refractivity contribution in [3.63, 3.8) is 0 Å². The van der Waals surface area contributed by atoms with Gasteiger partial charge >= 0.3 is 0 Å². The molecule has 1 fully saturated rings. The van der Waals surface area contributed by atoms with Crippen LogP contribution < -0.4 is 4.90 Å². The van der Waals surface area contributed by atoms with E-state index in [1.54, 1.807) is 0 Å². The highest BCUT2D eigenvalue weighted by atomic mass is 19.1. The van der Waals surface area contributed by atoms with Crippen molar-refractivity contribution in [2.75, 3.05) is 18.0 Å². The molecule has 0 bridgehead atoms. The standard InChI is InChI=1S/C13H20FN3/c1-13(2,3)10-4-6-17(7-5-10)12-8-11(14)15-9-16-12/h8-10H,4-7H2,1-3H3. The van der Waals surface area contributed by atoms with E-state index in [0.717, 1.165) is 31.8 Å². The first-order valence-corrected chi connectivity index (χ1v) is 6.19. The second-order valence-electron chi connectivity index (χ2n) is 5.83. The van der Waals surface area contributed by atoms with Crippen LogP contribution in [0.2, 0.25) is 0 Å². The minimum atomic E-state index is -0.451. The van der Waals surface area contributed by atoms with Crippen molar-refractivity contribution in [1.29, 1.82) is 0 Å². The molecule has 1 aliphatic heterocycles. The molecule has 0 radical (unpaired) electrons. The maximum Gasteiger partial charge on any atom is 0.218 e. The SMILES string of the molecule is CC(C)(C)C1CCN(c2cc(F)ncn2)CC1. The maximum atomic E-state index is 13.0. The molecule has 1 aliphatic rings. The largest absolute Gasteiger partial charge is 0.356 e. The highest BCUT2D eigenvalue weighted by Gasteiger charge is 2.29. The Balaban J connectivity index is 2.00. The van der Waals surface area contributed by atoms with Gasteiger partial charge in [-0.25, -0.2) is 9.97 Å². The highest BCUT2D eigenvalue weighted by Crippen LogP contribution is 2.35. The fourth-order valence-corrected chi connectivity index (χ4v) is 2.47. The summed E-state index contributed by atoms with van der Waals surface area (Å²) in [5.74, 6) is 1.00. The Morgan fingerprint density at radius 2 is 1.88 bits per heavy atom. The number of aromatic nitrogens is 2. The van der Waals surface area contributed by atoms with Crippen LogP contribution in [0.5, 0.6) is 0 Å². The molecular weight excluding hydrogens is 217 g/mol. The summed E-state index contributed by atoms with van der Waals surface area (Å²) in [4.78, 5) is 9.76. The monoisotopic (exact) mass is 237 g/mol. The second kappa shape index (κ2) is 4.59. The van der Waals surface area contributed by atoms with Crippen molar-refractivity contribution >= 4 is 5.82 Å². The summed E-state index contributed by atoms with van der Waals surface area (Å²) in [7, 11) is 0. The van der Waals surface area contributed by atoms with Crippen LogP contribution >= 0.6 is 0 Å². The fourth-order valence-electron chi connectivity index (χ4n) is 2.47. The van der Waals surface area contributed by atoms with Crippen molar-refractivity contribution in [3.05, 3.63) is 18.3 Å². The number of nitrogens with zero attached hydrogens (tertiary/aromatic N) is 3. The molecule has 0 saturated carbocycles. The van der Waals surface area contributed by atoms with Gasteiger partial charge < -0.3 is 4.90 Å². The van der Waals surface area contributed by atoms with Crippen molar-refractivity contribution in [2.24, 2.45) is 11.3 Å². The van der Waals surface area contributed by atoms with E-state index in [4.69, 9.17) is 0 Å². The van der Waals surface area contributed by atoms with Gasteiger partial charge in [-0.15, -0.1) is 0 Å². The minimum absolute atomic E-state index is 0.364. The van der Waals surface area contributed by atoms with E-state index >= 15 is 0 Å². The summed E-state index contributed by atoms with van der Waals surface area (Å²) in [6, 6.07) is 1.41. The fraction of sp³-hybridized carbons (Fsp3) is 0.692. The topological polar surface area (TPSA) is 29.0 Å². The summed E-state index contributed by atoms with van der Waals surface area (Å²) >= 11 is 0. The predicted octanol–water partition coefficient (Wildman–Crippen LogP) is 2.88. The van der Waals surface area contributed by atoms with Crippen LogP contribution in [0.3, 0.4) is 0 Å². The predicted molar refractivity (Wildman–Crippen MR) is 66.4 cm³/mol. The third-order valence-electron chi connectivity index (χ3n) is 3.66. The number of hydrogen-bond acceptors (Lipinski definition) is 3. The van der Waals surface area contributed by atoms with Gasteiger partial charge in [-0.05, 0) is 24.2 Å². The molecule has 0 amide bonds. The first-order chi connectivity index (χ1) is 7.97. The van der Waals surface area contributed by atoms with E-state index in [1.165, 1.54) is 12.4 Å². The van der Waals surface area contributed by atoms with E-state index in [0.29, 0.717) is 11.2 Å². The van der Waals surface area contributed by atoms with Crippen LogP contribution in [0.15, 0.2) is 12.4 Å². The van der Waals surface area contributed by atoms with E-state index in [1.807, 2.05) is 0 Å². The zero-order valence-electron chi connectivity index (χ0n) is 10.8. The third kappa shape index (κ3) is 2.93. The zero-order chi connectivity index (χ0) is 12.5. The normalized spacial score (nSPS) is 18.5. The average Bonchev–Trinajstić information content (AvgIpc) is 2.28. The number of anilines is 1. The van der Waals surface area contributed by atoms with E-state index in [2.05, 4.69) is 35.6 Å².